The number of methoxy groups -OCH3 is 1. The van der Waals surface area contributed by atoms with Crippen molar-refractivity contribution in [2.75, 3.05) is 12.4 Å². The first-order valence-electron chi connectivity index (χ1n) is 6.77. The lowest BCUT2D eigenvalue weighted by atomic mass is 9.87. The number of aliphatic hydroxyl groups is 1. The molecule has 8 heteroatoms. The second-order valence-electron chi connectivity index (χ2n) is 5.27. The van der Waals surface area contributed by atoms with E-state index >= 15 is 0 Å². The van der Waals surface area contributed by atoms with E-state index in [1.54, 1.807) is 0 Å². The van der Waals surface area contributed by atoms with Crippen molar-refractivity contribution in [2.24, 2.45) is 0 Å². The molecular weight excluding hydrogens is 347 g/mol. The van der Waals surface area contributed by atoms with Gasteiger partial charge in [0.1, 0.15) is 5.75 Å². The van der Waals surface area contributed by atoms with Crippen LogP contribution < -0.4 is 10.1 Å². The van der Waals surface area contributed by atoms with Gasteiger partial charge in [0.05, 0.1) is 17.7 Å². The maximum atomic E-state index is 12.8. The Bertz CT molecular complexity index is 838. The molecular formula is C16H11ClF3NO3. The fourth-order valence-corrected chi connectivity index (χ4v) is 2.84. The van der Waals surface area contributed by atoms with Crippen LogP contribution in [0.25, 0.3) is 0 Å². The predicted octanol–water partition coefficient (Wildman–Crippen LogP) is 3.56. The van der Waals surface area contributed by atoms with Crippen LogP contribution in [0.1, 0.15) is 16.7 Å². The van der Waals surface area contributed by atoms with E-state index in [-0.39, 0.29) is 27.6 Å². The summed E-state index contributed by atoms with van der Waals surface area (Å²) >= 11 is 5.92. The topological polar surface area (TPSA) is 58.6 Å². The fourth-order valence-electron chi connectivity index (χ4n) is 2.65. The summed E-state index contributed by atoms with van der Waals surface area (Å²) in [6.07, 6.45) is -4.55. The van der Waals surface area contributed by atoms with Crippen LogP contribution in [0.5, 0.6) is 5.75 Å². The van der Waals surface area contributed by atoms with Gasteiger partial charge in [-0.25, -0.2) is 0 Å². The molecule has 0 saturated carbocycles. The highest BCUT2D eigenvalue weighted by atomic mass is 35.5. The summed E-state index contributed by atoms with van der Waals surface area (Å²) in [4.78, 5) is 12.3. The number of alkyl halides is 3. The monoisotopic (exact) mass is 357 g/mol. The summed E-state index contributed by atoms with van der Waals surface area (Å²) in [6, 6.07) is 6.90. The van der Waals surface area contributed by atoms with E-state index in [0.29, 0.717) is 0 Å². The molecule has 0 fully saturated rings. The van der Waals surface area contributed by atoms with Gasteiger partial charge in [-0.1, -0.05) is 23.7 Å². The second-order valence-corrected chi connectivity index (χ2v) is 5.68. The van der Waals surface area contributed by atoms with Crippen molar-refractivity contribution in [2.45, 2.75) is 11.8 Å². The maximum absolute atomic E-state index is 12.8. The van der Waals surface area contributed by atoms with Crippen molar-refractivity contribution in [3.05, 3.63) is 58.1 Å². The number of anilines is 1. The molecule has 126 valence electrons. The second kappa shape index (κ2) is 5.39. The van der Waals surface area contributed by atoms with Crippen LogP contribution in [-0.2, 0) is 16.6 Å². The molecule has 0 bridgehead atoms. The van der Waals surface area contributed by atoms with Crippen LogP contribution in [0, 0.1) is 0 Å². The molecule has 2 aromatic carbocycles. The van der Waals surface area contributed by atoms with Gasteiger partial charge in [-0.05, 0) is 24.3 Å². The Labute approximate surface area is 139 Å². The van der Waals surface area contributed by atoms with Gasteiger partial charge in [-0.2, -0.15) is 13.2 Å². The molecule has 4 nitrogen and oxygen atoms in total. The number of benzene rings is 2. The Balaban J connectivity index is 2.15. The Morgan fingerprint density at radius 1 is 1.21 bits per heavy atom. The number of carbonyl (C=O) groups is 1. The van der Waals surface area contributed by atoms with Crippen LogP contribution in [-0.4, -0.2) is 18.1 Å². The summed E-state index contributed by atoms with van der Waals surface area (Å²) < 4.78 is 43.5. The van der Waals surface area contributed by atoms with Gasteiger partial charge in [0.15, 0.2) is 5.60 Å². The summed E-state index contributed by atoms with van der Waals surface area (Å²) in [5.41, 5.74) is -2.97. The quantitative estimate of drug-likeness (QED) is 0.864. The highest BCUT2D eigenvalue weighted by Gasteiger charge is 2.48. The van der Waals surface area contributed by atoms with Crippen molar-refractivity contribution in [1.82, 2.24) is 0 Å². The van der Waals surface area contributed by atoms with E-state index in [4.69, 9.17) is 16.3 Å². The first-order chi connectivity index (χ1) is 11.2. The van der Waals surface area contributed by atoms with Crippen LogP contribution in [0.2, 0.25) is 5.02 Å². The van der Waals surface area contributed by atoms with Gasteiger partial charge in [-0.15, -0.1) is 0 Å². The van der Waals surface area contributed by atoms with E-state index in [0.717, 1.165) is 18.2 Å². The largest absolute Gasteiger partial charge is 0.495 e. The van der Waals surface area contributed by atoms with Crippen LogP contribution in [0.4, 0.5) is 18.9 Å². The van der Waals surface area contributed by atoms with Gasteiger partial charge < -0.3 is 15.2 Å². The highest BCUT2D eigenvalue weighted by Crippen LogP contribution is 2.44. The minimum absolute atomic E-state index is 0.0323. The molecule has 24 heavy (non-hydrogen) atoms. The van der Waals surface area contributed by atoms with Crippen LogP contribution in [0.15, 0.2) is 36.4 Å². The van der Waals surface area contributed by atoms with Gasteiger partial charge >= 0.3 is 6.18 Å². The first-order valence-corrected chi connectivity index (χ1v) is 7.15. The van der Waals surface area contributed by atoms with E-state index in [1.165, 1.54) is 25.3 Å². The lowest BCUT2D eigenvalue weighted by Crippen LogP contribution is -2.35. The third kappa shape index (κ3) is 2.40. The number of hydrogen-bond acceptors (Lipinski definition) is 3. The Morgan fingerprint density at radius 2 is 1.92 bits per heavy atom. The normalized spacial score (nSPS) is 19.8. The van der Waals surface area contributed by atoms with E-state index in [9.17, 15) is 23.1 Å². The lowest BCUT2D eigenvalue weighted by molar-refractivity contribution is -0.137. The van der Waals surface area contributed by atoms with Gasteiger partial charge in [0.2, 0.25) is 0 Å². The molecule has 2 aromatic rings. The van der Waals surface area contributed by atoms with Crippen molar-refractivity contribution >= 4 is 23.2 Å². The molecule has 1 aliphatic rings. The summed E-state index contributed by atoms with van der Waals surface area (Å²) in [5.74, 6) is -0.614. The van der Waals surface area contributed by atoms with E-state index < -0.39 is 23.2 Å². The standard InChI is InChI=1S/C16H11ClF3NO3/c1-24-13-7-8(3-5-11(13)17)15(23)10-4-2-9(16(18,19)20)6-12(10)21-14(15)22/h2-7,23H,1H3,(H,21,22). The molecule has 2 N–H and O–H groups in total. The molecule has 0 aliphatic carbocycles. The van der Waals surface area contributed by atoms with E-state index in [1.807, 2.05) is 0 Å². The first kappa shape index (κ1) is 16.6. The number of rotatable bonds is 2. The molecule has 1 amide bonds. The number of halogens is 4. The molecule has 1 atom stereocenters. The van der Waals surface area contributed by atoms with Gasteiger partial charge in [-0.3, -0.25) is 4.79 Å². The van der Waals surface area contributed by atoms with Crippen molar-refractivity contribution in [1.29, 1.82) is 0 Å². The van der Waals surface area contributed by atoms with Gasteiger partial charge in [0, 0.05) is 16.8 Å². The van der Waals surface area contributed by atoms with Crippen molar-refractivity contribution in [3.8, 4) is 5.75 Å². The van der Waals surface area contributed by atoms with E-state index in [2.05, 4.69) is 5.32 Å². The highest BCUT2D eigenvalue weighted by molar-refractivity contribution is 6.32. The Kier molecular flexibility index (Phi) is 3.73. The third-order valence-electron chi connectivity index (χ3n) is 3.88. The fraction of sp³-hybridized carbons (Fsp3) is 0.188. The zero-order valence-electron chi connectivity index (χ0n) is 12.2. The molecule has 3 rings (SSSR count). The van der Waals surface area contributed by atoms with Gasteiger partial charge in [0.25, 0.3) is 5.91 Å². The number of fused-ring (bicyclic) bond motifs is 1. The van der Waals surface area contributed by atoms with Crippen LogP contribution in [0.3, 0.4) is 0 Å². The van der Waals surface area contributed by atoms with Crippen molar-refractivity contribution in [3.63, 3.8) is 0 Å². The molecule has 0 aromatic heterocycles. The molecule has 1 aliphatic heterocycles. The average molecular weight is 358 g/mol. The molecule has 0 saturated heterocycles. The third-order valence-corrected chi connectivity index (χ3v) is 4.19. The minimum atomic E-state index is -4.55. The lowest BCUT2D eigenvalue weighted by Gasteiger charge is -2.22. The number of nitrogens with one attached hydrogen (secondary N) is 1. The number of amides is 1. The summed E-state index contributed by atoms with van der Waals surface area (Å²) in [6.45, 7) is 0. The molecule has 1 heterocycles. The number of ether oxygens (including phenoxy) is 1. The predicted molar refractivity (Wildman–Crippen MR) is 81.1 cm³/mol. The zero-order chi connectivity index (χ0) is 17.7. The minimum Gasteiger partial charge on any atom is -0.495 e. The molecule has 0 spiro atoms. The SMILES string of the molecule is COc1cc(C2(O)C(=O)Nc3cc(C(F)(F)F)ccc32)ccc1Cl. The number of carbonyl (C=O) groups excluding carboxylic acids is 1. The maximum Gasteiger partial charge on any atom is 0.416 e. The Morgan fingerprint density at radius 3 is 2.54 bits per heavy atom. The molecule has 1 unspecified atom stereocenters. The Hall–Kier alpha value is -2.25. The van der Waals surface area contributed by atoms with Crippen molar-refractivity contribution < 1.29 is 27.8 Å². The summed E-state index contributed by atoms with van der Waals surface area (Å²) in [5, 5.41) is 13.5. The molecule has 0 radical (unpaired) electrons. The number of hydrogen-bond donors (Lipinski definition) is 2. The van der Waals surface area contributed by atoms with Crippen LogP contribution >= 0.6 is 11.6 Å². The zero-order valence-corrected chi connectivity index (χ0v) is 13.0. The average Bonchev–Trinajstić information content (AvgIpc) is 2.78. The summed E-state index contributed by atoms with van der Waals surface area (Å²) in [7, 11) is 1.37. The smallest absolute Gasteiger partial charge is 0.416 e.